The third-order valence-corrected chi connectivity index (χ3v) is 6.69. The van der Waals surface area contributed by atoms with Crippen LogP contribution in [0.4, 0.5) is 0 Å². The molecular formula is C28H30ClNO5. The van der Waals surface area contributed by atoms with Crippen LogP contribution >= 0.6 is 11.6 Å². The van der Waals surface area contributed by atoms with Crippen LogP contribution in [0.2, 0.25) is 5.02 Å². The summed E-state index contributed by atoms with van der Waals surface area (Å²) in [6.07, 6.45) is 0.658. The summed E-state index contributed by atoms with van der Waals surface area (Å²) in [6, 6.07) is 13.1. The minimum absolute atomic E-state index is 0.00847. The van der Waals surface area contributed by atoms with Crippen molar-refractivity contribution in [2.45, 2.75) is 51.6 Å². The molecule has 0 unspecified atom stereocenters. The third-order valence-electron chi connectivity index (χ3n) is 6.45. The van der Waals surface area contributed by atoms with E-state index in [-0.39, 0.29) is 17.8 Å². The lowest BCUT2D eigenvalue weighted by Gasteiger charge is -2.37. The molecule has 0 aromatic heterocycles. The number of nitrogens with one attached hydrogen (secondary N) is 1. The predicted octanol–water partition coefficient (Wildman–Crippen LogP) is 5.67. The molecule has 0 saturated heterocycles. The number of ketones is 1. The maximum atomic E-state index is 13.7. The number of hydrogen-bond donors (Lipinski definition) is 1. The van der Waals surface area contributed by atoms with Crippen molar-refractivity contribution in [2.24, 2.45) is 0 Å². The number of Topliss-reactive ketones (excluding diaryl/α,β-unsaturated/α-hetero) is 1. The predicted molar refractivity (Wildman–Crippen MR) is 135 cm³/mol. The first-order valence-electron chi connectivity index (χ1n) is 11.7. The second kappa shape index (κ2) is 10.2. The molecule has 1 aliphatic heterocycles. The minimum atomic E-state index is -0.546. The van der Waals surface area contributed by atoms with Crippen LogP contribution in [-0.4, -0.2) is 32.1 Å². The monoisotopic (exact) mass is 495 g/mol. The first kappa shape index (κ1) is 24.9. The molecule has 0 amide bonds. The number of methoxy groups -OCH3 is 2. The first-order chi connectivity index (χ1) is 16.7. The van der Waals surface area contributed by atoms with Crippen molar-refractivity contribution < 1.29 is 23.8 Å². The molecule has 1 aliphatic carbocycles. The van der Waals surface area contributed by atoms with Gasteiger partial charge < -0.3 is 19.5 Å². The Balaban J connectivity index is 1.77. The Bertz CT molecular complexity index is 1230. The Morgan fingerprint density at radius 3 is 2.43 bits per heavy atom. The van der Waals surface area contributed by atoms with Gasteiger partial charge in [0.1, 0.15) is 0 Å². The largest absolute Gasteiger partial charge is 0.493 e. The van der Waals surface area contributed by atoms with E-state index in [1.54, 1.807) is 20.3 Å². The number of esters is 1. The number of hydrogen-bond acceptors (Lipinski definition) is 6. The molecule has 2 aromatic carbocycles. The molecule has 7 heteroatoms. The van der Waals surface area contributed by atoms with Crippen molar-refractivity contribution in [3.63, 3.8) is 0 Å². The molecule has 0 saturated carbocycles. The van der Waals surface area contributed by atoms with Crippen molar-refractivity contribution >= 4 is 23.4 Å². The van der Waals surface area contributed by atoms with Crippen LogP contribution in [0.15, 0.2) is 65.0 Å². The standard InChI is InChI=1S/C28H30ClNO5/c1-15(2)35-28(32)25-16(3)30-21-12-19(17-9-10-23(33-4)24(14-17)34-5)13-22(31)27(21)26(25)18-7-6-8-20(29)11-18/h6-11,14-15,19,26,30H,12-13H2,1-5H3/t19-,26+/m0/s1. The molecule has 1 N–H and O–H groups in total. The van der Waals surface area contributed by atoms with Crippen molar-refractivity contribution in [3.8, 4) is 11.5 Å². The number of rotatable bonds is 6. The zero-order valence-corrected chi connectivity index (χ0v) is 21.4. The van der Waals surface area contributed by atoms with E-state index in [2.05, 4.69) is 5.32 Å². The fraction of sp³-hybridized carbons (Fsp3) is 0.357. The van der Waals surface area contributed by atoms with Gasteiger partial charge in [-0.15, -0.1) is 0 Å². The summed E-state index contributed by atoms with van der Waals surface area (Å²) in [7, 11) is 3.19. The Hall–Kier alpha value is -3.25. The van der Waals surface area contributed by atoms with E-state index in [4.69, 9.17) is 25.8 Å². The average Bonchev–Trinajstić information content (AvgIpc) is 2.82. The van der Waals surface area contributed by atoms with Crippen LogP contribution in [0.5, 0.6) is 11.5 Å². The van der Waals surface area contributed by atoms with Gasteiger partial charge in [0, 0.05) is 34.3 Å². The van der Waals surface area contributed by atoms with Gasteiger partial charge in [-0.1, -0.05) is 29.8 Å². The van der Waals surface area contributed by atoms with Gasteiger partial charge in [0.2, 0.25) is 0 Å². The summed E-state index contributed by atoms with van der Waals surface area (Å²) in [5, 5.41) is 3.91. The van der Waals surface area contributed by atoms with E-state index < -0.39 is 11.9 Å². The van der Waals surface area contributed by atoms with Crippen molar-refractivity contribution in [1.29, 1.82) is 0 Å². The molecule has 4 rings (SSSR count). The Labute approximate surface area is 210 Å². The van der Waals surface area contributed by atoms with E-state index in [1.165, 1.54) is 0 Å². The van der Waals surface area contributed by atoms with Crippen LogP contribution in [0, 0.1) is 0 Å². The van der Waals surface area contributed by atoms with Crippen LogP contribution in [-0.2, 0) is 14.3 Å². The van der Waals surface area contributed by atoms with E-state index in [1.807, 2.05) is 57.2 Å². The maximum absolute atomic E-state index is 13.7. The van der Waals surface area contributed by atoms with E-state index in [9.17, 15) is 9.59 Å². The van der Waals surface area contributed by atoms with Gasteiger partial charge >= 0.3 is 5.97 Å². The molecule has 1 heterocycles. The third kappa shape index (κ3) is 4.94. The topological polar surface area (TPSA) is 73.9 Å². The summed E-state index contributed by atoms with van der Waals surface area (Å²) >= 11 is 6.31. The number of carbonyl (C=O) groups excluding carboxylic acids is 2. The first-order valence-corrected chi connectivity index (χ1v) is 12.0. The summed E-state index contributed by atoms with van der Waals surface area (Å²) in [5.41, 5.74) is 4.34. The van der Waals surface area contributed by atoms with E-state index in [0.717, 1.165) is 16.8 Å². The number of allylic oxidation sites excluding steroid dienone is 3. The lowest BCUT2D eigenvalue weighted by Crippen LogP contribution is -2.36. The molecular weight excluding hydrogens is 466 g/mol. The lowest BCUT2D eigenvalue weighted by molar-refractivity contribution is -0.143. The number of halogens is 1. The zero-order valence-electron chi connectivity index (χ0n) is 20.6. The average molecular weight is 496 g/mol. The van der Waals surface area contributed by atoms with Crippen LogP contribution < -0.4 is 14.8 Å². The van der Waals surface area contributed by atoms with Gasteiger partial charge in [-0.3, -0.25) is 4.79 Å². The van der Waals surface area contributed by atoms with E-state index >= 15 is 0 Å². The summed E-state index contributed by atoms with van der Waals surface area (Å²) in [6.45, 7) is 5.47. The molecule has 6 nitrogen and oxygen atoms in total. The van der Waals surface area contributed by atoms with E-state index in [0.29, 0.717) is 46.2 Å². The second-order valence-electron chi connectivity index (χ2n) is 9.14. The quantitative estimate of drug-likeness (QED) is 0.520. The summed E-state index contributed by atoms with van der Waals surface area (Å²) in [4.78, 5) is 26.9. The normalized spacial score (nSPS) is 19.9. The molecule has 0 spiro atoms. The number of carbonyl (C=O) groups is 2. The van der Waals surface area contributed by atoms with Crippen LogP contribution in [0.3, 0.4) is 0 Å². The summed E-state index contributed by atoms with van der Waals surface area (Å²) < 4.78 is 16.4. The molecule has 2 aliphatic rings. The van der Waals surface area contributed by atoms with Gasteiger partial charge in [0.25, 0.3) is 0 Å². The molecule has 35 heavy (non-hydrogen) atoms. The van der Waals surface area contributed by atoms with Gasteiger partial charge in [-0.05, 0) is 68.5 Å². The molecule has 184 valence electrons. The number of ether oxygens (including phenoxy) is 3. The lowest BCUT2D eigenvalue weighted by atomic mass is 9.71. The molecule has 0 fully saturated rings. The van der Waals surface area contributed by atoms with Crippen LogP contribution in [0.1, 0.15) is 56.6 Å². The minimum Gasteiger partial charge on any atom is -0.493 e. The Morgan fingerprint density at radius 1 is 1.03 bits per heavy atom. The summed E-state index contributed by atoms with van der Waals surface area (Å²) in [5.74, 6) is 0.241. The molecule has 2 aromatic rings. The highest BCUT2D eigenvalue weighted by atomic mass is 35.5. The van der Waals surface area contributed by atoms with Gasteiger partial charge in [-0.25, -0.2) is 4.79 Å². The Kier molecular flexibility index (Phi) is 7.22. The van der Waals surface area contributed by atoms with Crippen LogP contribution in [0.25, 0.3) is 0 Å². The maximum Gasteiger partial charge on any atom is 0.337 e. The molecule has 2 atom stereocenters. The second-order valence-corrected chi connectivity index (χ2v) is 9.58. The molecule has 0 radical (unpaired) electrons. The van der Waals surface area contributed by atoms with Gasteiger partial charge in [0.05, 0.1) is 25.9 Å². The Morgan fingerprint density at radius 2 is 1.77 bits per heavy atom. The fourth-order valence-electron chi connectivity index (χ4n) is 4.95. The molecule has 0 bridgehead atoms. The van der Waals surface area contributed by atoms with Crippen molar-refractivity contribution in [1.82, 2.24) is 5.32 Å². The number of benzene rings is 2. The fourth-order valence-corrected chi connectivity index (χ4v) is 5.15. The SMILES string of the molecule is COc1ccc([C@@H]2CC(=O)C3=C(C2)NC(C)=C(C(=O)OC(C)C)[C@H]3c2cccc(Cl)c2)cc1OC. The number of dihydropyridines is 1. The smallest absolute Gasteiger partial charge is 0.337 e. The van der Waals surface area contributed by atoms with Gasteiger partial charge in [-0.2, -0.15) is 0 Å². The highest BCUT2D eigenvalue weighted by molar-refractivity contribution is 6.30. The highest BCUT2D eigenvalue weighted by Crippen LogP contribution is 2.46. The van der Waals surface area contributed by atoms with Crippen molar-refractivity contribution in [2.75, 3.05) is 14.2 Å². The van der Waals surface area contributed by atoms with Crippen molar-refractivity contribution in [3.05, 3.63) is 81.2 Å². The highest BCUT2D eigenvalue weighted by Gasteiger charge is 2.41. The zero-order chi connectivity index (χ0) is 25.3. The van der Waals surface area contributed by atoms with Gasteiger partial charge in [0.15, 0.2) is 17.3 Å².